The SMILES string of the molecule is Cc1cccc(NC(=O)C(=O)NCCN2C(=O)CSC2=O)c1C. The maximum absolute atomic E-state index is 11.9. The number of anilines is 1. The topological polar surface area (TPSA) is 95.6 Å². The molecule has 4 amide bonds. The van der Waals surface area contributed by atoms with E-state index >= 15 is 0 Å². The van der Waals surface area contributed by atoms with Gasteiger partial charge in [-0.3, -0.25) is 24.1 Å². The molecule has 1 aromatic rings. The molecule has 23 heavy (non-hydrogen) atoms. The molecule has 0 radical (unpaired) electrons. The van der Waals surface area contributed by atoms with E-state index in [-0.39, 0.29) is 30.0 Å². The van der Waals surface area contributed by atoms with Crippen molar-refractivity contribution in [3.8, 4) is 0 Å². The van der Waals surface area contributed by atoms with Gasteiger partial charge in [0.25, 0.3) is 5.24 Å². The minimum atomic E-state index is -0.808. The van der Waals surface area contributed by atoms with Crippen LogP contribution in [0.4, 0.5) is 10.5 Å². The van der Waals surface area contributed by atoms with Crippen molar-refractivity contribution in [3.63, 3.8) is 0 Å². The van der Waals surface area contributed by atoms with Crippen molar-refractivity contribution in [3.05, 3.63) is 29.3 Å². The molecule has 1 heterocycles. The van der Waals surface area contributed by atoms with E-state index in [1.807, 2.05) is 19.9 Å². The fraction of sp³-hybridized carbons (Fsp3) is 0.333. The Morgan fingerprint density at radius 3 is 2.61 bits per heavy atom. The van der Waals surface area contributed by atoms with E-state index in [0.717, 1.165) is 27.8 Å². The Kier molecular flexibility index (Phi) is 5.38. The molecule has 1 saturated heterocycles. The lowest BCUT2D eigenvalue weighted by molar-refractivity contribution is -0.136. The summed E-state index contributed by atoms with van der Waals surface area (Å²) in [5.74, 6) is -1.75. The molecular formula is C15H17N3O4S. The van der Waals surface area contributed by atoms with E-state index in [1.165, 1.54) is 0 Å². The summed E-state index contributed by atoms with van der Waals surface area (Å²) in [7, 11) is 0. The minimum absolute atomic E-state index is 0.0388. The fourth-order valence-corrected chi connectivity index (χ4v) is 2.78. The number of thioether (sulfide) groups is 1. The Bertz CT molecular complexity index is 659. The van der Waals surface area contributed by atoms with Gasteiger partial charge in [0.1, 0.15) is 0 Å². The van der Waals surface area contributed by atoms with E-state index in [2.05, 4.69) is 10.6 Å². The Hall–Kier alpha value is -2.35. The van der Waals surface area contributed by atoms with Crippen molar-refractivity contribution in [1.82, 2.24) is 10.2 Å². The Morgan fingerprint density at radius 2 is 1.96 bits per heavy atom. The number of nitrogens with one attached hydrogen (secondary N) is 2. The van der Waals surface area contributed by atoms with Crippen LogP contribution >= 0.6 is 11.8 Å². The lowest BCUT2D eigenvalue weighted by Crippen LogP contribution is -2.41. The van der Waals surface area contributed by atoms with Crippen molar-refractivity contribution in [2.75, 3.05) is 24.2 Å². The van der Waals surface area contributed by atoms with Gasteiger partial charge in [-0.15, -0.1) is 0 Å². The minimum Gasteiger partial charge on any atom is -0.346 e. The lowest BCUT2D eigenvalue weighted by atomic mass is 10.1. The number of aryl methyl sites for hydroxylation is 1. The third-order valence-electron chi connectivity index (χ3n) is 3.52. The van der Waals surface area contributed by atoms with Crippen LogP contribution in [0.3, 0.4) is 0 Å². The van der Waals surface area contributed by atoms with Crippen LogP contribution in [0.15, 0.2) is 18.2 Å². The van der Waals surface area contributed by atoms with Gasteiger partial charge in [0.05, 0.1) is 5.75 Å². The number of rotatable bonds is 4. The molecule has 0 saturated carbocycles. The van der Waals surface area contributed by atoms with Gasteiger partial charge in [0.2, 0.25) is 5.91 Å². The molecule has 0 unspecified atom stereocenters. The number of amides is 4. The number of benzene rings is 1. The zero-order valence-electron chi connectivity index (χ0n) is 12.8. The number of carbonyl (C=O) groups excluding carboxylic acids is 4. The first-order valence-electron chi connectivity index (χ1n) is 7.02. The monoisotopic (exact) mass is 335 g/mol. The van der Waals surface area contributed by atoms with E-state index < -0.39 is 11.8 Å². The van der Waals surface area contributed by atoms with Gasteiger partial charge in [0.15, 0.2) is 0 Å². The Morgan fingerprint density at radius 1 is 1.22 bits per heavy atom. The summed E-state index contributed by atoms with van der Waals surface area (Å²) >= 11 is 0.929. The number of carbonyl (C=O) groups is 4. The molecule has 1 aliphatic heterocycles. The Labute approximate surface area is 137 Å². The second kappa shape index (κ2) is 7.28. The van der Waals surface area contributed by atoms with Crippen molar-refractivity contribution in [2.45, 2.75) is 13.8 Å². The highest BCUT2D eigenvalue weighted by Crippen LogP contribution is 2.18. The molecule has 0 bridgehead atoms. The molecule has 8 heteroatoms. The molecule has 1 aromatic carbocycles. The number of hydrogen-bond acceptors (Lipinski definition) is 5. The molecule has 0 aliphatic carbocycles. The zero-order chi connectivity index (χ0) is 17.0. The summed E-state index contributed by atoms with van der Waals surface area (Å²) in [6.07, 6.45) is 0. The second-order valence-electron chi connectivity index (χ2n) is 5.06. The van der Waals surface area contributed by atoms with Crippen LogP contribution < -0.4 is 10.6 Å². The maximum Gasteiger partial charge on any atom is 0.313 e. The van der Waals surface area contributed by atoms with E-state index in [4.69, 9.17) is 0 Å². The molecule has 0 aromatic heterocycles. The van der Waals surface area contributed by atoms with Gasteiger partial charge in [-0.1, -0.05) is 23.9 Å². The first-order valence-corrected chi connectivity index (χ1v) is 8.01. The summed E-state index contributed by atoms with van der Waals surface area (Å²) in [5.41, 5.74) is 2.47. The van der Waals surface area contributed by atoms with E-state index in [0.29, 0.717) is 5.69 Å². The highest BCUT2D eigenvalue weighted by Gasteiger charge is 2.29. The van der Waals surface area contributed by atoms with Gasteiger partial charge >= 0.3 is 11.8 Å². The first kappa shape index (κ1) is 17.0. The normalized spacial score (nSPS) is 14.1. The average molecular weight is 335 g/mol. The fourth-order valence-electron chi connectivity index (χ4n) is 2.02. The molecule has 1 fully saturated rings. The number of nitrogens with zero attached hydrogens (tertiary/aromatic N) is 1. The molecular weight excluding hydrogens is 318 g/mol. The summed E-state index contributed by atoms with van der Waals surface area (Å²) in [4.78, 5) is 47.5. The average Bonchev–Trinajstić information content (AvgIpc) is 2.83. The smallest absolute Gasteiger partial charge is 0.313 e. The van der Waals surface area contributed by atoms with E-state index in [1.54, 1.807) is 12.1 Å². The zero-order valence-corrected chi connectivity index (χ0v) is 13.7. The number of hydrogen-bond donors (Lipinski definition) is 2. The molecule has 2 N–H and O–H groups in total. The summed E-state index contributed by atoms with van der Waals surface area (Å²) in [6, 6.07) is 5.41. The van der Waals surface area contributed by atoms with Gasteiger partial charge in [-0.25, -0.2) is 0 Å². The molecule has 0 spiro atoms. The predicted molar refractivity (Wildman–Crippen MR) is 87.1 cm³/mol. The quantitative estimate of drug-likeness (QED) is 0.802. The largest absolute Gasteiger partial charge is 0.346 e. The standard InChI is InChI=1S/C15H17N3O4S/c1-9-4-3-5-11(10(9)2)17-14(21)13(20)16-6-7-18-12(19)8-23-15(18)22/h3-5H,6-8H2,1-2H3,(H,16,20)(H,17,21). The first-order chi connectivity index (χ1) is 10.9. The van der Waals surface area contributed by atoms with E-state index in [9.17, 15) is 19.2 Å². The van der Waals surface area contributed by atoms with Crippen LogP contribution in [0.5, 0.6) is 0 Å². The molecule has 7 nitrogen and oxygen atoms in total. The van der Waals surface area contributed by atoms with Crippen molar-refractivity contribution in [1.29, 1.82) is 0 Å². The van der Waals surface area contributed by atoms with Crippen molar-refractivity contribution >= 4 is 40.4 Å². The van der Waals surface area contributed by atoms with Crippen LogP contribution in [0.1, 0.15) is 11.1 Å². The molecule has 2 rings (SSSR count). The van der Waals surface area contributed by atoms with Gasteiger partial charge in [0, 0.05) is 18.8 Å². The molecule has 0 atom stereocenters. The lowest BCUT2D eigenvalue weighted by Gasteiger charge is -2.13. The summed E-state index contributed by atoms with van der Waals surface area (Å²) < 4.78 is 0. The predicted octanol–water partition coefficient (Wildman–Crippen LogP) is 1.05. The van der Waals surface area contributed by atoms with Gasteiger partial charge < -0.3 is 10.6 Å². The molecule has 122 valence electrons. The van der Waals surface area contributed by atoms with Crippen LogP contribution in [0, 0.1) is 13.8 Å². The Balaban J connectivity index is 1.83. The van der Waals surface area contributed by atoms with Crippen LogP contribution in [0.25, 0.3) is 0 Å². The highest BCUT2D eigenvalue weighted by atomic mass is 32.2. The van der Waals surface area contributed by atoms with Crippen LogP contribution in [0.2, 0.25) is 0 Å². The van der Waals surface area contributed by atoms with Crippen molar-refractivity contribution in [2.24, 2.45) is 0 Å². The maximum atomic E-state index is 11.9. The van der Waals surface area contributed by atoms with Gasteiger partial charge in [-0.05, 0) is 31.0 Å². The summed E-state index contributed by atoms with van der Waals surface area (Å²) in [6.45, 7) is 3.86. The third kappa shape index (κ3) is 4.10. The third-order valence-corrected chi connectivity index (χ3v) is 4.38. The highest BCUT2D eigenvalue weighted by molar-refractivity contribution is 8.14. The number of imide groups is 1. The van der Waals surface area contributed by atoms with Crippen LogP contribution in [-0.2, 0) is 14.4 Å². The van der Waals surface area contributed by atoms with Crippen molar-refractivity contribution < 1.29 is 19.2 Å². The summed E-state index contributed by atoms with van der Waals surface area (Å²) in [5, 5.41) is 4.61. The van der Waals surface area contributed by atoms with Crippen LogP contribution in [-0.4, -0.2) is 46.7 Å². The second-order valence-corrected chi connectivity index (χ2v) is 5.98. The molecule has 1 aliphatic rings. The van der Waals surface area contributed by atoms with Gasteiger partial charge in [-0.2, -0.15) is 0 Å².